The molecule has 11 nitrogen and oxygen atoms in total. The predicted molar refractivity (Wildman–Crippen MR) is 198 cm³/mol. The molecule has 8 rings (SSSR count). The van der Waals surface area contributed by atoms with Crippen LogP contribution in [0.2, 0.25) is 0 Å². The number of ether oxygens (including phenoxy) is 3. The number of likely N-dealkylation sites (tertiary alicyclic amines) is 2. The van der Waals surface area contributed by atoms with Crippen molar-refractivity contribution in [2.75, 3.05) is 6.54 Å². The molecule has 4 aromatic rings. The van der Waals surface area contributed by atoms with Crippen LogP contribution in [0, 0.1) is 5.92 Å². The van der Waals surface area contributed by atoms with E-state index in [0.29, 0.717) is 19.1 Å². The zero-order valence-corrected chi connectivity index (χ0v) is 31.6. The summed E-state index contributed by atoms with van der Waals surface area (Å²) in [5.41, 5.74) is 8.55. The number of fused-ring (bicyclic) bond motifs is 6. The number of amides is 2. The van der Waals surface area contributed by atoms with Gasteiger partial charge >= 0.3 is 12.2 Å². The van der Waals surface area contributed by atoms with E-state index >= 15 is 0 Å². The summed E-state index contributed by atoms with van der Waals surface area (Å²) >= 11 is 0. The first-order chi connectivity index (χ1) is 24.6. The Hall–Kier alpha value is -4.80. The van der Waals surface area contributed by atoms with Crippen LogP contribution in [0.4, 0.5) is 9.59 Å². The fourth-order valence-electron chi connectivity index (χ4n) is 8.29. The van der Waals surface area contributed by atoms with E-state index in [2.05, 4.69) is 54.1 Å². The van der Waals surface area contributed by atoms with Gasteiger partial charge in [0.25, 0.3) is 0 Å². The first-order valence-electron chi connectivity index (χ1n) is 18.7. The molecule has 52 heavy (non-hydrogen) atoms. The third kappa shape index (κ3) is 6.32. The van der Waals surface area contributed by atoms with E-state index < -0.39 is 11.2 Å². The number of H-pyrrole nitrogens is 2. The third-order valence-corrected chi connectivity index (χ3v) is 10.6. The van der Waals surface area contributed by atoms with Crippen LogP contribution in [0.3, 0.4) is 0 Å². The standard InChI is InChI=1S/C41H50N6O5/c1-22-15-33(46(20-22)38(48)51-40(3,4)5)37-43-30-13-11-24-17-29-27-12-10-25(16-26(27)21-50-34(29)18-28(24)35(30)45-37)31-19-42-36(44-31)32-14-9-23(2)47(32)39(49)52-41(6,7)8/h10,12,16-19,22-23,32-33H,9,11,13-15,20-21H2,1-8H3,(H,42,44)(H,43,45)/t22-,23-,32-,33-/m0/s1. The lowest BCUT2D eigenvalue weighted by Crippen LogP contribution is -2.40. The van der Waals surface area contributed by atoms with Gasteiger partial charge in [0, 0.05) is 29.4 Å². The lowest BCUT2D eigenvalue weighted by atomic mass is 9.86. The van der Waals surface area contributed by atoms with E-state index in [1.807, 2.05) is 57.5 Å². The van der Waals surface area contributed by atoms with Gasteiger partial charge in [0.1, 0.15) is 35.2 Å². The second-order valence-corrected chi connectivity index (χ2v) is 17.1. The van der Waals surface area contributed by atoms with Crippen LogP contribution < -0.4 is 4.74 Å². The van der Waals surface area contributed by atoms with Crippen LogP contribution in [0.5, 0.6) is 5.75 Å². The maximum atomic E-state index is 13.2. The number of nitrogens with zero attached hydrogens (tertiary/aromatic N) is 4. The van der Waals surface area contributed by atoms with Gasteiger partial charge in [0.15, 0.2) is 0 Å². The fraction of sp³-hybridized carbons (Fsp3) is 0.512. The predicted octanol–water partition coefficient (Wildman–Crippen LogP) is 8.90. The average molecular weight is 707 g/mol. The highest BCUT2D eigenvalue weighted by molar-refractivity contribution is 5.83. The van der Waals surface area contributed by atoms with Gasteiger partial charge in [-0.05, 0) is 127 Å². The Kier molecular flexibility index (Phi) is 8.19. The Labute approximate surface area is 305 Å². The first-order valence-corrected chi connectivity index (χ1v) is 18.7. The van der Waals surface area contributed by atoms with Crippen molar-refractivity contribution in [2.45, 2.75) is 123 Å². The van der Waals surface area contributed by atoms with Crippen molar-refractivity contribution in [2.24, 2.45) is 5.92 Å². The summed E-state index contributed by atoms with van der Waals surface area (Å²) < 4.78 is 17.9. The zero-order valence-electron chi connectivity index (χ0n) is 31.6. The number of nitrogens with one attached hydrogen (secondary N) is 2. The van der Waals surface area contributed by atoms with E-state index in [-0.39, 0.29) is 30.3 Å². The number of aromatic nitrogens is 4. The quantitative estimate of drug-likeness (QED) is 0.218. The van der Waals surface area contributed by atoms with Crippen molar-refractivity contribution in [3.63, 3.8) is 0 Å². The highest BCUT2D eigenvalue weighted by atomic mass is 16.6. The molecule has 5 heterocycles. The van der Waals surface area contributed by atoms with Gasteiger partial charge in [-0.2, -0.15) is 0 Å². The van der Waals surface area contributed by atoms with Gasteiger partial charge in [0.2, 0.25) is 0 Å². The minimum Gasteiger partial charge on any atom is -0.488 e. The summed E-state index contributed by atoms with van der Waals surface area (Å²) in [6.45, 7) is 16.7. The number of carbonyl (C=O) groups excluding carboxylic acids is 2. The molecule has 274 valence electrons. The van der Waals surface area contributed by atoms with Crippen molar-refractivity contribution in [3.8, 4) is 39.4 Å². The van der Waals surface area contributed by atoms with Crippen LogP contribution in [0.15, 0.2) is 36.5 Å². The summed E-state index contributed by atoms with van der Waals surface area (Å²) in [5.74, 6) is 2.81. The average Bonchev–Trinajstić information content (AvgIpc) is 3.87. The molecule has 2 aromatic carbocycles. The maximum Gasteiger partial charge on any atom is 0.411 e. The smallest absolute Gasteiger partial charge is 0.411 e. The van der Waals surface area contributed by atoms with Gasteiger partial charge in [-0.25, -0.2) is 19.6 Å². The Bertz CT molecular complexity index is 2050. The molecule has 0 bridgehead atoms. The minimum absolute atomic E-state index is 0.0763. The summed E-state index contributed by atoms with van der Waals surface area (Å²) in [6, 6.07) is 10.7. The van der Waals surface area contributed by atoms with E-state index in [9.17, 15) is 9.59 Å². The summed E-state index contributed by atoms with van der Waals surface area (Å²) in [6.07, 6.45) is 5.57. The van der Waals surface area contributed by atoms with Crippen molar-refractivity contribution in [1.82, 2.24) is 29.7 Å². The molecule has 0 saturated carbocycles. The van der Waals surface area contributed by atoms with Crippen LogP contribution >= 0.6 is 0 Å². The number of aryl methyl sites for hydroxylation is 2. The molecule has 4 aliphatic rings. The maximum absolute atomic E-state index is 13.2. The molecule has 11 heteroatoms. The molecule has 2 aromatic heterocycles. The van der Waals surface area contributed by atoms with Gasteiger partial charge in [0.05, 0.1) is 29.7 Å². The topological polar surface area (TPSA) is 126 Å². The molecule has 2 fully saturated rings. The molecule has 0 unspecified atom stereocenters. The van der Waals surface area contributed by atoms with Gasteiger partial charge in [-0.15, -0.1) is 0 Å². The molecule has 0 radical (unpaired) electrons. The summed E-state index contributed by atoms with van der Waals surface area (Å²) in [5, 5.41) is 0. The molecule has 2 N–H and O–H groups in total. The van der Waals surface area contributed by atoms with E-state index in [1.165, 1.54) is 5.56 Å². The molecule has 2 amide bonds. The molecular formula is C41H50N6O5. The molecule has 3 aliphatic heterocycles. The van der Waals surface area contributed by atoms with Crippen LogP contribution in [-0.4, -0.2) is 65.7 Å². The van der Waals surface area contributed by atoms with Crippen molar-refractivity contribution in [3.05, 3.63) is 65.0 Å². The summed E-state index contributed by atoms with van der Waals surface area (Å²) in [7, 11) is 0. The SMILES string of the molecule is C[C@H]1C[C@@H](c2nc3c([nH]2)CCc2cc4c(cc2-3)OCc2cc(-c3cnc([C@@H]5CC[C@H](C)N5C(=O)OC(C)(C)C)[nH]3)ccc2-4)N(C(=O)OC(C)(C)C)C1. The molecule has 0 spiro atoms. The minimum atomic E-state index is -0.562. The molecular weight excluding hydrogens is 656 g/mol. The van der Waals surface area contributed by atoms with Crippen molar-refractivity contribution >= 4 is 12.2 Å². The Morgan fingerprint density at radius 1 is 0.846 bits per heavy atom. The highest BCUT2D eigenvalue weighted by Crippen LogP contribution is 2.46. The van der Waals surface area contributed by atoms with Crippen LogP contribution in [0.25, 0.3) is 33.6 Å². The number of hydrogen-bond donors (Lipinski definition) is 2. The second kappa shape index (κ2) is 12.4. The normalized spacial score (nSPS) is 22.3. The number of hydrogen-bond acceptors (Lipinski definition) is 7. The Morgan fingerprint density at radius 2 is 1.62 bits per heavy atom. The number of aromatic amines is 2. The van der Waals surface area contributed by atoms with Crippen LogP contribution in [-0.2, 0) is 28.9 Å². The lowest BCUT2D eigenvalue weighted by molar-refractivity contribution is 0.0150. The third-order valence-electron chi connectivity index (χ3n) is 10.6. The van der Waals surface area contributed by atoms with E-state index in [0.717, 1.165) is 94.4 Å². The van der Waals surface area contributed by atoms with Gasteiger partial charge in [-0.3, -0.25) is 9.80 Å². The van der Waals surface area contributed by atoms with Crippen molar-refractivity contribution in [1.29, 1.82) is 0 Å². The monoisotopic (exact) mass is 706 g/mol. The molecule has 1 aliphatic carbocycles. The Balaban J connectivity index is 1.04. The lowest BCUT2D eigenvalue weighted by Gasteiger charge is -2.30. The fourth-order valence-corrected chi connectivity index (χ4v) is 8.29. The first kappa shape index (κ1) is 34.3. The second-order valence-electron chi connectivity index (χ2n) is 17.1. The number of carbonyl (C=O) groups is 2. The number of rotatable bonds is 3. The molecule has 2 saturated heterocycles. The zero-order chi connectivity index (χ0) is 36.7. The highest BCUT2D eigenvalue weighted by Gasteiger charge is 2.41. The molecule has 4 atom stereocenters. The van der Waals surface area contributed by atoms with E-state index in [4.69, 9.17) is 24.2 Å². The largest absolute Gasteiger partial charge is 0.488 e. The number of benzene rings is 2. The van der Waals surface area contributed by atoms with Crippen LogP contribution in [0.1, 0.15) is 115 Å². The van der Waals surface area contributed by atoms with Crippen molar-refractivity contribution < 1.29 is 23.8 Å². The van der Waals surface area contributed by atoms with E-state index in [1.54, 1.807) is 0 Å². The number of imidazole rings is 2. The Morgan fingerprint density at radius 3 is 2.38 bits per heavy atom. The summed E-state index contributed by atoms with van der Waals surface area (Å²) in [4.78, 5) is 46.9. The van der Waals surface area contributed by atoms with Gasteiger partial charge in [-0.1, -0.05) is 19.1 Å². The van der Waals surface area contributed by atoms with Gasteiger partial charge < -0.3 is 24.2 Å².